The molecule has 0 aliphatic carbocycles. The van der Waals surface area contributed by atoms with Gasteiger partial charge >= 0.3 is 0 Å². The third-order valence-corrected chi connectivity index (χ3v) is 2.09. The van der Waals surface area contributed by atoms with E-state index in [1.807, 2.05) is 13.0 Å². The normalized spacial score (nSPS) is 10.3. The molecule has 0 spiro atoms. The molecular formula is C8H6BrN3O. The molecule has 0 saturated carbocycles. The summed E-state index contributed by atoms with van der Waals surface area (Å²) in [4.78, 5) is 8.04. The SMILES string of the molecule is Cc1oncc1-c1cc(Br)ncn1. The molecule has 2 aromatic rings. The molecule has 0 saturated heterocycles. The number of aryl methyl sites for hydroxylation is 1. The van der Waals surface area contributed by atoms with Crippen LogP contribution in [0.3, 0.4) is 0 Å². The Kier molecular flexibility index (Phi) is 2.10. The summed E-state index contributed by atoms with van der Waals surface area (Å²) in [6.07, 6.45) is 3.13. The first-order valence-corrected chi connectivity index (χ1v) is 4.46. The van der Waals surface area contributed by atoms with Gasteiger partial charge in [-0.3, -0.25) is 0 Å². The lowest BCUT2D eigenvalue weighted by Gasteiger charge is -1.95. The van der Waals surface area contributed by atoms with Gasteiger partial charge in [-0.05, 0) is 28.9 Å². The van der Waals surface area contributed by atoms with Crippen LogP contribution in [0.2, 0.25) is 0 Å². The van der Waals surface area contributed by atoms with E-state index in [-0.39, 0.29) is 0 Å². The maximum atomic E-state index is 4.93. The molecular weight excluding hydrogens is 234 g/mol. The van der Waals surface area contributed by atoms with Crippen LogP contribution < -0.4 is 0 Å². The molecule has 0 N–H and O–H groups in total. The van der Waals surface area contributed by atoms with Gasteiger partial charge in [0.2, 0.25) is 0 Å². The second kappa shape index (κ2) is 3.26. The third kappa shape index (κ3) is 1.60. The second-order valence-corrected chi connectivity index (χ2v) is 3.33. The fourth-order valence-corrected chi connectivity index (χ4v) is 1.33. The van der Waals surface area contributed by atoms with Gasteiger partial charge in [0.25, 0.3) is 0 Å². The number of hydrogen-bond acceptors (Lipinski definition) is 4. The Labute approximate surface area is 83.1 Å². The summed E-state index contributed by atoms with van der Waals surface area (Å²) in [5, 5.41) is 3.68. The standard InChI is InChI=1S/C8H6BrN3O/c1-5-6(3-12-13-5)7-2-8(9)11-4-10-7/h2-4H,1H3. The van der Waals surface area contributed by atoms with Crippen molar-refractivity contribution in [3.05, 3.63) is 29.0 Å². The number of rotatable bonds is 1. The van der Waals surface area contributed by atoms with Gasteiger partial charge in [0.05, 0.1) is 17.5 Å². The van der Waals surface area contributed by atoms with Crippen molar-refractivity contribution in [1.82, 2.24) is 15.1 Å². The van der Waals surface area contributed by atoms with Crippen molar-refractivity contribution in [3.8, 4) is 11.3 Å². The second-order valence-electron chi connectivity index (χ2n) is 2.52. The van der Waals surface area contributed by atoms with Crippen LogP contribution in [0.5, 0.6) is 0 Å². The van der Waals surface area contributed by atoms with Gasteiger partial charge in [-0.2, -0.15) is 0 Å². The summed E-state index contributed by atoms with van der Waals surface area (Å²) < 4.78 is 5.68. The van der Waals surface area contributed by atoms with Crippen molar-refractivity contribution in [2.45, 2.75) is 6.92 Å². The molecule has 0 unspecified atom stereocenters. The van der Waals surface area contributed by atoms with E-state index in [1.165, 1.54) is 6.33 Å². The van der Waals surface area contributed by atoms with Crippen molar-refractivity contribution in [3.63, 3.8) is 0 Å². The lowest BCUT2D eigenvalue weighted by atomic mass is 10.2. The van der Waals surface area contributed by atoms with Gasteiger partial charge in [0.15, 0.2) is 0 Å². The van der Waals surface area contributed by atoms with Crippen LogP contribution in [-0.2, 0) is 0 Å². The zero-order valence-electron chi connectivity index (χ0n) is 6.86. The van der Waals surface area contributed by atoms with Crippen LogP contribution >= 0.6 is 15.9 Å². The smallest absolute Gasteiger partial charge is 0.143 e. The molecule has 0 amide bonds. The lowest BCUT2D eigenvalue weighted by Crippen LogP contribution is -1.85. The Bertz CT molecular complexity index is 427. The van der Waals surface area contributed by atoms with Crippen LogP contribution in [0, 0.1) is 6.92 Å². The molecule has 66 valence electrons. The highest BCUT2D eigenvalue weighted by Crippen LogP contribution is 2.21. The zero-order valence-corrected chi connectivity index (χ0v) is 8.45. The number of halogens is 1. The van der Waals surface area contributed by atoms with E-state index >= 15 is 0 Å². The first kappa shape index (κ1) is 8.37. The number of nitrogens with zero attached hydrogens (tertiary/aromatic N) is 3. The minimum atomic E-state index is 0.748. The third-order valence-electron chi connectivity index (χ3n) is 1.66. The quantitative estimate of drug-likeness (QED) is 0.717. The molecule has 0 fully saturated rings. The van der Waals surface area contributed by atoms with E-state index in [9.17, 15) is 0 Å². The van der Waals surface area contributed by atoms with Crippen molar-refractivity contribution < 1.29 is 4.52 Å². The van der Waals surface area contributed by atoms with E-state index in [2.05, 4.69) is 31.1 Å². The van der Waals surface area contributed by atoms with E-state index in [0.29, 0.717) is 0 Å². The number of hydrogen-bond donors (Lipinski definition) is 0. The van der Waals surface area contributed by atoms with E-state index in [0.717, 1.165) is 21.6 Å². The van der Waals surface area contributed by atoms with Crippen molar-refractivity contribution in [1.29, 1.82) is 0 Å². The Hall–Kier alpha value is -1.23. The molecule has 5 heteroatoms. The topological polar surface area (TPSA) is 51.8 Å². The Morgan fingerprint density at radius 3 is 2.85 bits per heavy atom. The first-order chi connectivity index (χ1) is 6.27. The van der Waals surface area contributed by atoms with Crippen LogP contribution in [-0.4, -0.2) is 15.1 Å². The van der Waals surface area contributed by atoms with Crippen molar-refractivity contribution in [2.75, 3.05) is 0 Å². The molecule has 2 aromatic heterocycles. The van der Waals surface area contributed by atoms with Gasteiger partial charge in [-0.25, -0.2) is 9.97 Å². The Morgan fingerprint density at radius 1 is 1.38 bits per heavy atom. The van der Waals surface area contributed by atoms with Crippen LogP contribution in [0.15, 0.2) is 27.7 Å². The minimum Gasteiger partial charge on any atom is -0.361 e. The molecule has 0 bridgehead atoms. The molecule has 0 aliphatic rings. The van der Waals surface area contributed by atoms with Gasteiger partial charge in [-0.1, -0.05) is 5.16 Å². The maximum Gasteiger partial charge on any atom is 0.143 e. The van der Waals surface area contributed by atoms with Gasteiger partial charge in [0.1, 0.15) is 16.7 Å². The largest absolute Gasteiger partial charge is 0.361 e. The number of aromatic nitrogens is 3. The predicted molar refractivity (Wildman–Crippen MR) is 50.0 cm³/mol. The highest BCUT2D eigenvalue weighted by molar-refractivity contribution is 9.10. The molecule has 0 radical (unpaired) electrons. The van der Waals surface area contributed by atoms with Crippen LogP contribution in [0.4, 0.5) is 0 Å². The highest BCUT2D eigenvalue weighted by Gasteiger charge is 2.07. The summed E-state index contributed by atoms with van der Waals surface area (Å²) in [7, 11) is 0. The zero-order chi connectivity index (χ0) is 9.26. The Morgan fingerprint density at radius 2 is 2.23 bits per heavy atom. The fraction of sp³-hybridized carbons (Fsp3) is 0.125. The summed E-state index contributed by atoms with van der Waals surface area (Å²) in [5.41, 5.74) is 1.70. The molecule has 4 nitrogen and oxygen atoms in total. The first-order valence-electron chi connectivity index (χ1n) is 3.66. The molecule has 0 atom stereocenters. The monoisotopic (exact) mass is 239 g/mol. The molecule has 0 aliphatic heterocycles. The van der Waals surface area contributed by atoms with Gasteiger partial charge in [0, 0.05) is 0 Å². The van der Waals surface area contributed by atoms with Gasteiger partial charge < -0.3 is 4.52 Å². The molecule has 2 rings (SSSR count). The van der Waals surface area contributed by atoms with E-state index < -0.39 is 0 Å². The maximum absolute atomic E-state index is 4.93. The summed E-state index contributed by atoms with van der Waals surface area (Å²) >= 11 is 3.27. The lowest BCUT2D eigenvalue weighted by molar-refractivity contribution is 0.398. The average molecular weight is 240 g/mol. The molecule has 13 heavy (non-hydrogen) atoms. The van der Waals surface area contributed by atoms with Gasteiger partial charge in [-0.15, -0.1) is 0 Å². The summed E-state index contributed by atoms with van der Waals surface area (Å²) in [6, 6.07) is 1.82. The summed E-state index contributed by atoms with van der Waals surface area (Å²) in [6.45, 7) is 1.85. The Balaban J connectivity index is 2.53. The predicted octanol–water partition coefficient (Wildman–Crippen LogP) is 2.20. The van der Waals surface area contributed by atoms with E-state index in [1.54, 1.807) is 6.20 Å². The summed E-state index contributed by atoms with van der Waals surface area (Å²) in [5.74, 6) is 0.755. The van der Waals surface area contributed by atoms with Crippen LogP contribution in [0.25, 0.3) is 11.3 Å². The molecule has 0 aromatic carbocycles. The van der Waals surface area contributed by atoms with Crippen LogP contribution in [0.1, 0.15) is 5.76 Å². The highest BCUT2D eigenvalue weighted by atomic mass is 79.9. The fourth-order valence-electron chi connectivity index (χ4n) is 1.03. The minimum absolute atomic E-state index is 0.748. The average Bonchev–Trinajstić information content (AvgIpc) is 2.51. The van der Waals surface area contributed by atoms with E-state index in [4.69, 9.17) is 4.52 Å². The van der Waals surface area contributed by atoms with Crippen molar-refractivity contribution >= 4 is 15.9 Å². The molecule has 2 heterocycles. The van der Waals surface area contributed by atoms with Crippen molar-refractivity contribution in [2.24, 2.45) is 0 Å².